The lowest BCUT2D eigenvalue weighted by Gasteiger charge is -2.24. The third-order valence-electron chi connectivity index (χ3n) is 4.21. The zero-order valence-electron chi connectivity index (χ0n) is 15.3. The van der Waals surface area contributed by atoms with Gasteiger partial charge in [0.05, 0.1) is 11.6 Å². The highest BCUT2D eigenvalue weighted by Crippen LogP contribution is 2.23. The zero-order valence-corrected chi connectivity index (χ0v) is 16.1. The summed E-state index contributed by atoms with van der Waals surface area (Å²) in [5, 5.41) is 10.2. The van der Waals surface area contributed by atoms with E-state index in [4.69, 9.17) is 11.6 Å². The molecule has 0 aliphatic carbocycles. The van der Waals surface area contributed by atoms with Crippen LogP contribution in [0.5, 0.6) is 0 Å². The maximum Gasteiger partial charge on any atom is 0.0995 e. The van der Waals surface area contributed by atoms with Crippen molar-refractivity contribution in [3.05, 3.63) is 58.6 Å². The van der Waals surface area contributed by atoms with E-state index in [0.29, 0.717) is 12.1 Å². The Labute approximate surface area is 155 Å². The molecule has 0 radical (unpaired) electrons. The fraction of sp³-hybridized carbons (Fsp3) is 0.350. The van der Waals surface area contributed by atoms with E-state index in [9.17, 15) is 5.26 Å². The summed E-state index contributed by atoms with van der Waals surface area (Å²) in [6, 6.07) is 16.1. The van der Waals surface area contributed by atoms with Crippen LogP contribution in [0.25, 0.3) is 0 Å². The van der Waals surface area contributed by atoms with E-state index in [0.717, 1.165) is 35.1 Å². The summed E-state index contributed by atoms with van der Waals surface area (Å²) in [5.41, 5.74) is 3.93. The molecular formula is C20H25ClN4. The molecule has 0 N–H and O–H groups in total. The Bertz CT molecular complexity index is 734. The smallest absolute Gasteiger partial charge is 0.0995 e. The van der Waals surface area contributed by atoms with Crippen LogP contribution >= 0.6 is 11.6 Å². The Balaban J connectivity index is 2.19. The molecule has 0 saturated heterocycles. The van der Waals surface area contributed by atoms with E-state index in [-0.39, 0.29) is 0 Å². The normalized spacial score (nSPS) is 10.6. The number of nitrogens with zero attached hydrogens (tertiary/aromatic N) is 4. The van der Waals surface area contributed by atoms with Gasteiger partial charge in [0, 0.05) is 50.1 Å². The van der Waals surface area contributed by atoms with Crippen molar-refractivity contribution in [2.75, 3.05) is 51.1 Å². The molecule has 2 aromatic carbocycles. The fourth-order valence-electron chi connectivity index (χ4n) is 2.58. The SMILES string of the molecule is CN(C)CCN(C)c1ccc(C#N)c(CN(C)c2ccc(Cl)cc2)c1. The molecule has 0 heterocycles. The zero-order chi connectivity index (χ0) is 18.4. The second kappa shape index (κ2) is 8.75. The van der Waals surface area contributed by atoms with Crippen LogP contribution in [0.3, 0.4) is 0 Å². The van der Waals surface area contributed by atoms with Gasteiger partial charge < -0.3 is 14.7 Å². The Morgan fingerprint density at radius 3 is 2.12 bits per heavy atom. The molecular weight excluding hydrogens is 332 g/mol. The van der Waals surface area contributed by atoms with Crippen molar-refractivity contribution >= 4 is 23.0 Å². The van der Waals surface area contributed by atoms with Crippen LogP contribution in [0.2, 0.25) is 5.02 Å². The van der Waals surface area contributed by atoms with Crippen molar-refractivity contribution in [3.63, 3.8) is 0 Å². The molecule has 4 nitrogen and oxygen atoms in total. The molecule has 0 amide bonds. The van der Waals surface area contributed by atoms with Crippen molar-refractivity contribution in [2.24, 2.45) is 0 Å². The molecule has 0 aromatic heterocycles. The summed E-state index contributed by atoms with van der Waals surface area (Å²) in [7, 11) is 8.24. The number of benzene rings is 2. The first-order valence-electron chi connectivity index (χ1n) is 8.26. The molecule has 0 unspecified atom stereocenters. The van der Waals surface area contributed by atoms with Gasteiger partial charge in [0.1, 0.15) is 0 Å². The number of likely N-dealkylation sites (N-methyl/N-ethyl adjacent to an activating group) is 2. The summed E-state index contributed by atoms with van der Waals surface area (Å²) in [6.07, 6.45) is 0. The molecule has 2 rings (SSSR count). The van der Waals surface area contributed by atoms with Crippen molar-refractivity contribution in [1.82, 2.24) is 4.90 Å². The molecule has 0 aliphatic rings. The highest BCUT2D eigenvalue weighted by molar-refractivity contribution is 6.30. The van der Waals surface area contributed by atoms with Gasteiger partial charge in [-0.15, -0.1) is 0 Å². The minimum absolute atomic E-state index is 0.667. The first-order chi connectivity index (χ1) is 11.9. The van der Waals surface area contributed by atoms with E-state index in [1.807, 2.05) is 43.4 Å². The van der Waals surface area contributed by atoms with Crippen molar-refractivity contribution in [3.8, 4) is 6.07 Å². The van der Waals surface area contributed by atoms with E-state index in [1.165, 1.54) is 0 Å². The van der Waals surface area contributed by atoms with Gasteiger partial charge in [-0.1, -0.05) is 11.6 Å². The van der Waals surface area contributed by atoms with Gasteiger partial charge in [-0.25, -0.2) is 0 Å². The summed E-state index contributed by atoms with van der Waals surface area (Å²) < 4.78 is 0. The van der Waals surface area contributed by atoms with Gasteiger partial charge in [-0.2, -0.15) is 5.26 Å². The number of hydrogen-bond acceptors (Lipinski definition) is 4. The van der Waals surface area contributed by atoms with Crippen LogP contribution in [-0.4, -0.2) is 46.2 Å². The first-order valence-corrected chi connectivity index (χ1v) is 8.64. The lowest BCUT2D eigenvalue weighted by molar-refractivity contribution is 0.416. The van der Waals surface area contributed by atoms with Gasteiger partial charge in [-0.3, -0.25) is 0 Å². The average molecular weight is 357 g/mol. The fourth-order valence-corrected chi connectivity index (χ4v) is 2.70. The highest BCUT2D eigenvalue weighted by atomic mass is 35.5. The Hall–Kier alpha value is -2.22. The summed E-state index contributed by atoms with van der Waals surface area (Å²) >= 11 is 5.96. The molecule has 0 atom stereocenters. The predicted octanol–water partition coefficient (Wildman–Crippen LogP) is 3.85. The maximum atomic E-state index is 9.44. The van der Waals surface area contributed by atoms with Gasteiger partial charge in [0.25, 0.3) is 0 Å². The molecule has 0 saturated carbocycles. The third-order valence-corrected chi connectivity index (χ3v) is 4.46. The second-order valence-corrected chi connectivity index (χ2v) is 6.95. The van der Waals surface area contributed by atoms with Crippen molar-refractivity contribution < 1.29 is 0 Å². The molecule has 132 valence electrons. The van der Waals surface area contributed by atoms with Crippen LogP contribution in [0.4, 0.5) is 11.4 Å². The van der Waals surface area contributed by atoms with Crippen LogP contribution in [0.1, 0.15) is 11.1 Å². The molecule has 0 spiro atoms. The van der Waals surface area contributed by atoms with Crippen molar-refractivity contribution in [1.29, 1.82) is 5.26 Å². The number of hydrogen-bond donors (Lipinski definition) is 0. The van der Waals surface area contributed by atoms with Crippen LogP contribution < -0.4 is 9.80 Å². The minimum Gasteiger partial charge on any atom is -0.373 e. The number of rotatable bonds is 7. The lowest BCUT2D eigenvalue weighted by Crippen LogP contribution is -2.28. The van der Waals surface area contributed by atoms with Gasteiger partial charge >= 0.3 is 0 Å². The molecule has 0 aliphatic heterocycles. The monoisotopic (exact) mass is 356 g/mol. The number of nitriles is 1. The highest BCUT2D eigenvalue weighted by Gasteiger charge is 2.10. The Kier molecular flexibility index (Phi) is 6.69. The average Bonchev–Trinajstić information content (AvgIpc) is 2.60. The Morgan fingerprint density at radius 2 is 1.52 bits per heavy atom. The first kappa shape index (κ1) is 19.1. The number of anilines is 2. The van der Waals surface area contributed by atoms with E-state index >= 15 is 0 Å². The molecule has 0 fully saturated rings. The quantitative estimate of drug-likeness (QED) is 0.754. The van der Waals surface area contributed by atoms with Crippen molar-refractivity contribution in [2.45, 2.75) is 6.54 Å². The maximum absolute atomic E-state index is 9.44. The topological polar surface area (TPSA) is 33.5 Å². The largest absolute Gasteiger partial charge is 0.373 e. The van der Waals surface area contributed by atoms with E-state index < -0.39 is 0 Å². The summed E-state index contributed by atoms with van der Waals surface area (Å²) in [5.74, 6) is 0. The van der Waals surface area contributed by atoms with Gasteiger partial charge in [0.2, 0.25) is 0 Å². The minimum atomic E-state index is 0.667. The predicted molar refractivity (Wildman–Crippen MR) is 107 cm³/mol. The van der Waals surface area contributed by atoms with Crippen LogP contribution in [-0.2, 0) is 6.54 Å². The standard InChI is InChI=1S/C20H25ClN4/c1-23(2)11-12-24(3)20-8-5-16(14-22)17(13-20)15-25(4)19-9-6-18(21)7-10-19/h5-10,13H,11-12,15H2,1-4H3. The Morgan fingerprint density at radius 1 is 0.880 bits per heavy atom. The number of halogens is 1. The van der Waals surface area contributed by atoms with E-state index in [1.54, 1.807) is 0 Å². The van der Waals surface area contributed by atoms with Crippen LogP contribution in [0.15, 0.2) is 42.5 Å². The molecule has 5 heteroatoms. The van der Waals surface area contributed by atoms with Crippen LogP contribution in [0, 0.1) is 11.3 Å². The summed E-state index contributed by atoms with van der Waals surface area (Å²) in [6.45, 7) is 2.59. The van der Waals surface area contributed by atoms with Gasteiger partial charge in [-0.05, 0) is 62.1 Å². The lowest BCUT2D eigenvalue weighted by atomic mass is 10.1. The van der Waals surface area contributed by atoms with Gasteiger partial charge in [0.15, 0.2) is 0 Å². The second-order valence-electron chi connectivity index (χ2n) is 6.51. The molecule has 2 aromatic rings. The molecule has 0 bridgehead atoms. The third kappa shape index (κ3) is 5.38. The van der Waals surface area contributed by atoms with E-state index in [2.05, 4.69) is 48.0 Å². The molecule has 25 heavy (non-hydrogen) atoms. The summed E-state index contributed by atoms with van der Waals surface area (Å²) in [4.78, 5) is 6.50.